The molecule has 4 aliphatic heterocycles. The van der Waals surface area contributed by atoms with Crippen LogP contribution in [0.25, 0.3) is 11.1 Å². The van der Waals surface area contributed by atoms with Gasteiger partial charge in [0.1, 0.15) is 11.4 Å². The van der Waals surface area contributed by atoms with E-state index in [4.69, 9.17) is 14.2 Å². The van der Waals surface area contributed by atoms with Crippen molar-refractivity contribution in [2.75, 3.05) is 43.5 Å². The molecule has 2 atom stereocenters. The summed E-state index contributed by atoms with van der Waals surface area (Å²) in [7, 11) is 0. The largest absolute Gasteiger partial charge is 0.444 e. The average Bonchev–Trinajstić information content (AvgIpc) is 3.35. The molecule has 0 bridgehead atoms. The van der Waals surface area contributed by atoms with Crippen LogP contribution >= 0.6 is 11.8 Å². The summed E-state index contributed by atoms with van der Waals surface area (Å²) >= 11 is 1.89. The number of hydrogen-bond acceptors (Lipinski definition) is 6. The third-order valence-electron chi connectivity index (χ3n) is 7.84. The quantitative estimate of drug-likeness (QED) is 0.470. The van der Waals surface area contributed by atoms with Crippen LogP contribution in [0, 0.1) is 5.82 Å². The van der Waals surface area contributed by atoms with Crippen LogP contribution in [0.2, 0.25) is 0 Å². The average molecular weight is 527 g/mol. The van der Waals surface area contributed by atoms with E-state index in [1.165, 1.54) is 22.2 Å². The first kappa shape index (κ1) is 25.0. The molecule has 198 valence electrons. The number of ether oxygens (including phenoxy) is 3. The number of hydrogen-bond donors (Lipinski definition) is 0. The lowest BCUT2D eigenvalue weighted by Crippen LogP contribution is -2.49. The highest BCUT2D eigenvalue weighted by molar-refractivity contribution is 7.99. The third-order valence-corrected chi connectivity index (χ3v) is 8.96. The second-order valence-corrected chi connectivity index (χ2v) is 12.7. The lowest BCUT2D eigenvalue weighted by Gasteiger charge is -2.39. The standard InChI is InChI=1S/C29H35FN2O4S/c1-28(2,3)36-27(33)31-10-8-24-22(17-31)21-14-18(15-25-26(21)32(24)9-5-13-37-25)20-7-6-19(30)16-23(20)29(4)34-11-12-35-29/h6-7,14-16,22,24H,5,8-13,17H2,1-4H3/t22-,24-/m0/s1. The van der Waals surface area contributed by atoms with Gasteiger partial charge < -0.3 is 24.0 Å². The fourth-order valence-corrected chi connectivity index (χ4v) is 7.35. The number of fused-ring (bicyclic) bond motifs is 3. The van der Waals surface area contributed by atoms with Crippen LogP contribution in [-0.4, -0.2) is 61.2 Å². The van der Waals surface area contributed by atoms with Crippen molar-refractivity contribution in [2.45, 2.75) is 68.8 Å². The number of thioether (sulfide) groups is 1. The van der Waals surface area contributed by atoms with Gasteiger partial charge in [-0.25, -0.2) is 9.18 Å². The van der Waals surface area contributed by atoms with Crippen molar-refractivity contribution in [3.8, 4) is 11.1 Å². The van der Waals surface area contributed by atoms with Gasteiger partial charge in [-0.2, -0.15) is 0 Å². The van der Waals surface area contributed by atoms with Gasteiger partial charge >= 0.3 is 6.09 Å². The van der Waals surface area contributed by atoms with E-state index in [1.807, 2.05) is 50.4 Å². The van der Waals surface area contributed by atoms with E-state index in [0.717, 1.165) is 36.3 Å². The zero-order chi connectivity index (χ0) is 25.9. The Hall–Kier alpha value is -2.29. The van der Waals surface area contributed by atoms with Gasteiger partial charge in [0.2, 0.25) is 0 Å². The van der Waals surface area contributed by atoms with Crippen LogP contribution in [0.1, 0.15) is 57.6 Å². The van der Waals surface area contributed by atoms with Crippen LogP contribution in [-0.2, 0) is 20.0 Å². The lowest BCUT2D eigenvalue weighted by molar-refractivity contribution is -0.149. The fraction of sp³-hybridized carbons (Fsp3) is 0.552. The molecule has 2 fully saturated rings. The highest BCUT2D eigenvalue weighted by Gasteiger charge is 2.45. The van der Waals surface area contributed by atoms with Crippen LogP contribution in [0.5, 0.6) is 0 Å². The molecule has 0 aliphatic carbocycles. The second-order valence-electron chi connectivity index (χ2n) is 11.5. The molecular weight excluding hydrogens is 491 g/mol. The number of piperidine rings is 1. The molecule has 2 aromatic carbocycles. The van der Waals surface area contributed by atoms with Crippen LogP contribution < -0.4 is 4.90 Å². The zero-order valence-corrected chi connectivity index (χ0v) is 22.8. The molecule has 37 heavy (non-hydrogen) atoms. The van der Waals surface area contributed by atoms with Crippen molar-refractivity contribution >= 4 is 23.5 Å². The van der Waals surface area contributed by atoms with Crippen LogP contribution in [0.15, 0.2) is 35.2 Å². The van der Waals surface area contributed by atoms with E-state index in [0.29, 0.717) is 37.9 Å². The number of anilines is 1. The van der Waals surface area contributed by atoms with Gasteiger partial charge in [-0.1, -0.05) is 6.07 Å². The normalized spacial score (nSPS) is 24.5. The molecule has 4 aliphatic rings. The number of rotatable bonds is 2. The van der Waals surface area contributed by atoms with Crippen molar-refractivity contribution in [3.05, 3.63) is 47.3 Å². The molecule has 1 amide bonds. The predicted molar refractivity (Wildman–Crippen MR) is 143 cm³/mol. The number of nitrogens with zero attached hydrogens (tertiary/aromatic N) is 2. The van der Waals surface area contributed by atoms with Crippen molar-refractivity contribution in [1.29, 1.82) is 0 Å². The summed E-state index contributed by atoms with van der Waals surface area (Å²) in [5.74, 6) is -0.0232. The van der Waals surface area contributed by atoms with Crippen molar-refractivity contribution in [3.63, 3.8) is 0 Å². The Bertz CT molecular complexity index is 1220. The summed E-state index contributed by atoms with van der Waals surface area (Å²) in [6, 6.07) is 9.77. The van der Waals surface area contributed by atoms with Crippen LogP contribution in [0.4, 0.5) is 14.9 Å². The van der Waals surface area contributed by atoms with Gasteiger partial charge in [0.15, 0.2) is 5.79 Å². The molecule has 0 aromatic heterocycles. The predicted octanol–water partition coefficient (Wildman–Crippen LogP) is 6.12. The highest BCUT2D eigenvalue weighted by Crippen LogP contribution is 2.52. The summed E-state index contributed by atoms with van der Waals surface area (Å²) < 4.78 is 32.1. The molecule has 0 saturated carbocycles. The maximum absolute atomic E-state index is 14.5. The van der Waals surface area contributed by atoms with Gasteiger partial charge in [0.05, 0.1) is 18.9 Å². The fourth-order valence-electron chi connectivity index (χ4n) is 6.27. The Balaban J connectivity index is 1.43. The summed E-state index contributed by atoms with van der Waals surface area (Å²) in [5.41, 5.74) is 4.73. The van der Waals surface area contributed by atoms with Gasteiger partial charge in [-0.3, -0.25) is 0 Å². The molecule has 8 heteroatoms. The molecule has 0 radical (unpaired) electrons. The summed E-state index contributed by atoms with van der Waals surface area (Å²) in [4.78, 5) is 18.7. The lowest BCUT2D eigenvalue weighted by atomic mass is 9.86. The summed E-state index contributed by atoms with van der Waals surface area (Å²) in [6.45, 7) is 10.9. The van der Waals surface area contributed by atoms with E-state index in [-0.39, 0.29) is 17.8 Å². The van der Waals surface area contributed by atoms with E-state index < -0.39 is 11.4 Å². The number of benzene rings is 2. The number of halogens is 1. The monoisotopic (exact) mass is 526 g/mol. The second kappa shape index (κ2) is 9.17. The Labute approximate surface area is 222 Å². The zero-order valence-electron chi connectivity index (χ0n) is 22.0. The summed E-state index contributed by atoms with van der Waals surface area (Å²) in [5, 5.41) is 0. The first-order chi connectivity index (χ1) is 17.6. The van der Waals surface area contributed by atoms with Gasteiger partial charge in [0.25, 0.3) is 0 Å². The number of likely N-dealkylation sites (tertiary alicyclic amines) is 1. The summed E-state index contributed by atoms with van der Waals surface area (Å²) in [6.07, 6.45) is 1.79. The van der Waals surface area contributed by atoms with Gasteiger partial charge in [-0.05, 0) is 87.2 Å². The smallest absolute Gasteiger partial charge is 0.410 e. The number of carbonyl (C=O) groups excluding carboxylic acids is 1. The molecule has 0 spiro atoms. The SMILES string of the molecule is CC(C)(C)OC(=O)N1CC[C@H]2[C@@H](C1)c1cc(-c3ccc(F)cc3C3(C)OCCO3)cc3c1N2CCCS3. The molecule has 6 nitrogen and oxygen atoms in total. The number of amides is 1. The minimum Gasteiger partial charge on any atom is -0.444 e. The van der Waals surface area contributed by atoms with Crippen molar-refractivity contribution in [1.82, 2.24) is 4.90 Å². The van der Waals surface area contributed by atoms with Crippen molar-refractivity contribution < 1.29 is 23.4 Å². The van der Waals surface area contributed by atoms with Crippen molar-refractivity contribution in [2.24, 2.45) is 0 Å². The Morgan fingerprint density at radius 2 is 1.95 bits per heavy atom. The highest BCUT2D eigenvalue weighted by atomic mass is 32.2. The minimum absolute atomic E-state index is 0.201. The molecular formula is C29H35FN2O4S. The van der Waals surface area contributed by atoms with E-state index in [2.05, 4.69) is 17.0 Å². The first-order valence-electron chi connectivity index (χ1n) is 13.3. The maximum atomic E-state index is 14.5. The topological polar surface area (TPSA) is 51.2 Å². The van der Waals surface area contributed by atoms with Gasteiger partial charge in [0, 0.05) is 42.1 Å². The molecule has 6 rings (SSSR count). The molecule has 2 saturated heterocycles. The van der Waals surface area contributed by atoms with Crippen LogP contribution in [0.3, 0.4) is 0 Å². The third kappa shape index (κ3) is 4.51. The maximum Gasteiger partial charge on any atom is 0.410 e. The van der Waals surface area contributed by atoms with E-state index in [1.54, 1.807) is 6.07 Å². The molecule has 0 N–H and O–H groups in total. The van der Waals surface area contributed by atoms with E-state index >= 15 is 0 Å². The Morgan fingerprint density at radius 3 is 2.70 bits per heavy atom. The minimum atomic E-state index is -0.982. The van der Waals surface area contributed by atoms with E-state index in [9.17, 15) is 9.18 Å². The first-order valence-corrected chi connectivity index (χ1v) is 14.3. The molecule has 0 unspecified atom stereocenters. The molecule has 4 heterocycles. The number of carbonyl (C=O) groups is 1. The molecule has 2 aromatic rings. The van der Waals surface area contributed by atoms with Gasteiger partial charge in [-0.15, -0.1) is 11.8 Å². The Kier molecular flexibility index (Phi) is 6.20. The Morgan fingerprint density at radius 1 is 1.16 bits per heavy atom.